The van der Waals surface area contributed by atoms with Crippen LogP contribution in [0.3, 0.4) is 0 Å². The largest absolute Gasteiger partial charge is 0.126 e. The van der Waals surface area contributed by atoms with Crippen molar-refractivity contribution >= 4 is 23.2 Å². The number of alkyl halides is 1. The third-order valence-electron chi connectivity index (χ3n) is 3.22. The minimum Gasteiger partial charge on any atom is -0.126 e. The average Bonchev–Trinajstić information content (AvgIpc) is 2.21. The monoisotopic (exact) mass is 244 g/mol. The van der Waals surface area contributed by atoms with Crippen molar-refractivity contribution in [2.24, 2.45) is 11.3 Å². The molecule has 0 saturated carbocycles. The van der Waals surface area contributed by atoms with Gasteiger partial charge in [0.15, 0.2) is 0 Å². The lowest BCUT2D eigenvalue weighted by atomic mass is 9.76. The van der Waals surface area contributed by atoms with E-state index in [-0.39, 0.29) is 5.41 Å². The van der Waals surface area contributed by atoms with Crippen molar-refractivity contribution in [1.82, 2.24) is 0 Å². The third kappa shape index (κ3) is 3.39. The topological polar surface area (TPSA) is 0 Å². The lowest BCUT2D eigenvalue weighted by Crippen LogP contribution is -2.28. The smallest absolute Gasteiger partial charge is 0.0406 e. The zero-order valence-corrected chi connectivity index (χ0v) is 11.1. The molecule has 2 heteroatoms. The Morgan fingerprint density at radius 2 is 1.73 bits per heavy atom. The fraction of sp³-hybridized carbons (Fsp3) is 0.538. The summed E-state index contributed by atoms with van der Waals surface area (Å²) in [6.45, 7) is 6.68. The first-order valence-corrected chi connectivity index (χ1v) is 6.19. The van der Waals surface area contributed by atoms with Gasteiger partial charge in [-0.05, 0) is 35.4 Å². The number of rotatable bonds is 4. The van der Waals surface area contributed by atoms with Crippen molar-refractivity contribution in [2.45, 2.75) is 27.2 Å². The molecule has 84 valence electrons. The van der Waals surface area contributed by atoms with Crippen molar-refractivity contribution < 1.29 is 0 Å². The fourth-order valence-electron chi connectivity index (χ4n) is 1.47. The summed E-state index contributed by atoms with van der Waals surface area (Å²) >= 11 is 11.9. The zero-order valence-electron chi connectivity index (χ0n) is 9.56. The first-order valence-electron chi connectivity index (χ1n) is 5.28. The van der Waals surface area contributed by atoms with E-state index < -0.39 is 0 Å². The Kier molecular flexibility index (Phi) is 4.48. The highest BCUT2D eigenvalue weighted by atomic mass is 35.5. The van der Waals surface area contributed by atoms with E-state index in [0.29, 0.717) is 11.8 Å². The molecule has 0 amide bonds. The van der Waals surface area contributed by atoms with Crippen LogP contribution in [-0.2, 0) is 6.42 Å². The predicted molar refractivity (Wildman–Crippen MR) is 68.8 cm³/mol. The first-order chi connectivity index (χ1) is 6.98. The summed E-state index contributed by atoms with van der Waals surface area (Å²) in [7, 11) is 0. The van der Waals surface area contributed by atoms with E-state index in [9.17, 15) is 0 Å². The lowest BCUT2D eigenvalue weighted by Gasteiger charge is -2.31. The Labute approximate surface area is 103 Å². The standard InChI is InChI=1S/C13H18Cl2/c1-10(2)13(3,9-14)8-11-4-6-12(15)7-5-11/h4-7,10H,8-9H2,1-3H3. The van der Waals surface area contributed by atoms with Crippen LogP contribution < -0.4 is 0 Å². The van der Waals surface area contributed by atoms with Gasteiger partial charge >= 0.3 is 0 Å². The SMILES string of the molecule is CC(C)C(C)(CCl)Cc1ccc(Cl)cc1. The van der Waals surface area contributed by atoms with Crippen LogP contribution in [0.2, 0.25) is 5.02 Å². The van der Waals surface area contributed by atoms with Gasteiger partial charge in [0, 0.05) is 10.9 Å². The number of benzene rings is 1. The van der Waals surface area contributed by atoms with Gasteiger partial charge in [0.25, 0.3) is 0 Å². The third-order valence-corrected chi connectivity index (χ3v) is 4.08. The second-order valence-electron chi connectivity index (χ2n) is 4.75. The van der Waals surface area contributed by atoms with Gasteiger partial charge in [0.2, 0.25) is 0 Å². The van der Waals surface area contributed by atoms with Crippen LogP contribution in [0, 0.1) is 11.3 Å². The van der Waals surface area contributed by atoms with Crippen LogP contribution in [-0.4, -0.2) is 5.88 Å². The molecule has 0 bridgehead atoms. The number of hydrogen-bond acceptors (Lipinski definition) is 0. The second-order valence-corrected chi connectivity index (χ2v) is 5.45. The maximum atomic E-state index is 6.06. The predicted octanol–water partition coefficient (Wildman–Crippen LogP) is 4.78. The van der Waals surface area contributed by atoms with E-state index in [0.717, 1.165) is 11.4 Å². The Morgan fingerprint density at radius 3 is 2.13 bits per heavy atom. The molecule has 0 aliphatic carbocycles. The normalized spacial score (nSPS) is 15.3. The highest BCUT2D eigenvalue weighted by molar-refractivity contribution is 6.30. The van der Waals surface area contributed by atoms with Gasteiger partial charge < -0.3 is 0 Å². The molecule has 0 spiro atoms. The van der Waals surface area contributed by atoms with E-state index in [1.54, 1.807) is 0 Å². The molecule has 0 heterocycles. The highest BCUT2D eigenvalue weighted by Gasteiger charge is 2.27. The highest BCUT2D eigenvalue weighted by Crippen LogP contribution is 2.32. The van der Waals surface area contributed by atoms with E-state index in [1.165, 1.54) is 5.56 Å². The van der Waals surface area contributed by atoms with Gasteiger partial charge in [-0.3, -0.25) is 0 Å². The second kappa shape index (κ2) is 5.23. The van der Waals surface area contributed by atoms with Crippen molar-refractivity contribution in [3.63, 3.8) is 0 Å². The van der Waals surface area contributed by atoms with Crippen LogP contribution >= 0.6 is 23.2 Å². The molecule has 1 aromatic rings. The van der Waals surface area contributed by atoms with E-state index in [2.05, 4.69) is 32.9 Å². The van der Waals surface area contributed by atoms with Gasteiger partial charge in [-0.25, -0.2) is 0 Å². The van der Waals surface area contributed by atoms with Crippen molar-refractivity contribution in [1.29, 1.82) is 0 Å². The lowest BCUT2D eigenvalue weighted by molar-refractivity contribution is 0.253. The summed E-state index contributed by atoms with van der Waals surface area (Å²) in [5.74, 6) is 1.26. The van der Waals surface area contributed by atoms with E-state index in [1.807, 2.05) is 12.1 Å². The Bertz CT molecular complexity index is 303. The summed E-state index contributed by atoms with van der Waals surface area (Å²) in [6.07, 6.45) is 1.01. The summed E-state index contributed by atoms with van der Waals surface area (Å²) in [6, 6.07) is 8.03. The molecule has 0 N–H and O–H groups in total. The molecule has 0 aromatic heterocycles. The molecular formula is C13H18Cl2. The Balaban J connectivity index is 2.79. The van der Waals surface area contributed by atoms with Crippen LogP contribution in [0.4, 0.5) is 0 Å². The maximum absolute atomic E-state index is 6.06. The number of halogens is 2. The molecule has 0 radical (unpaired) electrons. The molecule has 1 rings (SSSR count). The molecular weight excluding hydrogens is 227 g/mol. The van der Waals surface area contributed by atoms with Crippen LogP contribution in [0.5, 0.6) is 0 Å². The molecule has 0 saturated heterocycles. The van der Waals surface area contributed by atoms with Gasteiger partial charge in [-0.2, -0.15) is 0 Å². The van der Waals surface area contributed by atoms with Gasteiger partial charge in [0.1, 0.15) is 0 Å². The Morgan fingerprint density at radius 1 is 1.20 bits per heavy atom. The molecule has 0 nitrogen and oxygen atoms in total. The van der Waals surface area contributed by atoms with E-state index in [4.69, 9.17) is 23.2 Å². The van der Waals surface area contributed by atoms with Crippen molar-refractivity contribution in [2.75, 3.05) is 5.88 Å². The van der Waals surface area contributed by atoms with E-state index >= 15 is 0 Å². The molecule has 0 aliphatic rings. The molecule has 1 aromatic carbocycles. The summed E-state index contributed by atoms with van der Waals surface area (Å²) in [5.41, 5.74) is 1.46. The minimum absolute atomic E-state index is 0.162. The van der Waals surface area contributed by atoms with Crippen LogP contribution in [0.25, 0.3) is 0 Å². The molecule has 1 unspecified atom stereocenters. The summed E-state index contributed by atoms with van der Waals surface area (Å²) in [4.78, 5) is 0. The van der Waals surface area contributed by atoms with Gasteiger partial charge in [-0.1, -0.05) is 44.5 Å². The zero-order chi connectivity index (χ0) is 11.5. The minimum atomic E-state index is 0.162. The van der Waals surface area contributed by atoms with Crippen molar-refractivity contribution in [3.8, 4) is 0 Å². The Hall–Kier alpha value is -0.200. The van der Waals surface area contributed by atoms with Gasteiger partial charge in [0.05, 0.1) is 0 Å². The molecule has 0 fully saturated rings. The summed E-state index contributed by atoms with van der Waals surface area (Å²) in [5, 5.41) is 0.788. The maximum Gasteiger partial charge on any atom is 0.0406 e. The fourth-order valence-corrected chi connectivity index (χ4v) is 2.00. The van der Waals surface area contributed by atoms with Gasteiger partial charge in [-0.15, -0.1) is 11.6 Å². The quantitative estimate of drug-likeness (QED) is 0.669. The molecule has 0 aliphatic heterocycles. The average molecular weight is 245 g/mol. The van der Waals surface area contributed by atoms with Crippen LogP contribution in [0.15, 0.2) is 24.3 Å². The molecule has 1 atom stereocenters. The van der Waals surface area contributed by atoms with Crippen LogP contribution in [0.1, 0.15) is 26.3 Å². The number of hydrogen-bond donors (Lipinski definition) is 0. The summed E-state index contributed by atoms with van der Waals surface area (Å²) < 4.78 is 0. The molecule has 15 heavy (non-hydrogen) atoms. The first kappa shape index (κ1) is 12.9. The van der Waals surface area contributed by atoms with Crippen molar-refractivity contribution in [3.05, 3.63) is 34.9 Å².